The van der Waals surface area contributed by atoms with Gasteiger partial charge in [0.05, 0.1) is 5.69 Å². The fourth-order valence-electron chi connectivity index (χ4n) is 3.23. The number of hydrogen-bond acceptors (Lipinski definition) is 5. The summed E-state index contributed by atoms with van der Waals surface area (Å²) < 4.78 is 10.9. The summed E-state index contributed by atoms with van der Waals surface area (Å²) in [7, 11) is 0. The Kier molecular flexibility index (Phi) is 4.35. The number of carbonyl (C=O) groups excluding carboxylic acids is 2. The van der Waals surface area contributed by atoms with Crippen LogP contribution in [0.2, 0.25) is 0 Å². The van der Waals surface area contributed by atoms with Crippen LogP contribution in [0.4, 0.5) is 11.4 Å². The summed E-state index contributed by atoms with van der Waals surface area (Å²) in [4.78, 5) is 38.6. The number of rotatable bonds is 3. The Morgan fingerprint density at radius 3 is 2.71 bits per heavy atom. The smallest absolute Gasteiger partial charge is 0.349 e. The summed E-state index contributed by atoms with van der Waals surface area (Å²) >= 11 is 0. The molecule has 142 valence electrons. The van der Waals surface area contributed by atoms with E-state index in [-0.39, 0.29) is 11.5 Å². The fraction of sp³-hybridized carbons (Fsp3) is 0.190. The highest BCUT2D eigenvalue weighted by atomic mass is 16.5. The molecular formula is C21H18N2O5. The van der Waals surface area contributed by atoms with E-state index in [2.05, 4.69) is 5.32 Å². The van der Waals surface area contributed by atoms with E-state index in [1.165, 1.54) is 6.07 Å². The minimum absolute atomic E-state index is 0.0870. The zero-order valence-electron chi connectivity index (χ0n) is 15.4. The van der Waals surface area contributed by atoms with Gasteiger partial charge in [-0.05, 0) is 38.1 Å². The summed E-state index contributed by atoms with van der Waals surface area (Å²) in [6.45, 7) is 4.08. The average Bonchev–Trinajstić information content (AvgIpc) is 2.68. The van der Waals surface area contributed by atoms with Gasteiger partial charge < -0.3 is 19.4 Å². The summed E-state index contributed by atoms with van der Waals surface area (Å²) in [5, 5.41) is 3.35. The van der Waals surface area contributed by atoms with Crippen LogP contribution in [0, 0.1) is 0 Å². The van der Waals surface area contributed by atoms with E-state index < -0.39 is 17.6 Å². The maximum atomic E-state index is 12.6. The van der Waals surface area contributed by atoms with E-state index in [0.29, 0.717) is 34.6 Å². The van der Waals surface area contributed by atoms with Gasteiger partial charge in [-0.25, -0.2) is 4.79 Å². The zero-order chi connectivity index (χ0) is 19.8. The van der Waals surface area contributed by atoms with Gasteiger partial charge in [-0.3, -0.25) is 9.59 Å². The predicted octanol–water partition coefficient (Wildman–Crippen LogP) is 3.18. The number of ether oxygens (including phenoxy) is 1. The molecular weight excluding hydrogens is 360 g/mol. The largest absolute Gasteiger partial charge is 0.479 e. The van der Waals surface area contributed by atoms with Crippen LogP contribution < -0.4 is 20.6 Å². The molecule has 2 heterocycles. The highest BCUT2D eigenvalue weighted by Gasteiger charge is 2.30. The first-order chi connectivity index (χ1) is 13.5. The molecule has 1 unspecified atom stereocenters. The van der Waals surface area contributed by atoms with Gasteiger partial charge in [-0.15, -0.1) is 0 Å². The van der Waals surface area contributed by atoms with E-state index in [9.17, 15) is 14.4 Å². The standard InChI is InChI=1S/C21H18N2O5/c1-3-23-16-9-8-14(11-18(16)27-12(2)20(23)25)22-19(24)15-10-13-6-4-5-7-17(13)28-21(15)26/h4-12H,3H2,1-2H3,(H,22,24). The third-order valence-corrected chi connectivity index (χ3v) is 4.63. The molecule has 0 saturated carbocycles. The SMILES string of the molecule is CCN1C(=O)C(C)Oc2cc(NC(=O)c3cc4ccccc4oc3=O)ccc21. The number of likely N-dealkylation sites (N-methyl/N-ethyl adjacent to an activating group) is 1. The predicted molar refractivity (Wildman–Crippen MR) is 105 cm³/mol. The lowest BCUT2D eigenvalue weighted by Crippen LogP contribution is -2.44. The quantitative estimate of drug-likeness (QED) is 0.707. The fourth-order valence-corrected chi connectivity index (χ4v) is 3.23. The Bertz CT molecular complexity index is 1150. The van der Waals surface area contributed by atoms with E-state index in [4.69, 9.17) is 9.15 Å². The Morgan fingerprint density at radius 2 is 1.93 bits per heavy atom. The molecule has 0 saturated heterocycles. The van der Waals surface area contributed by atoms with Gasteiger partial charge in [0.15, 0.2) is 6.10 Å². The Morgan fingerprint density at radius 1 is 1.14 bits per heavy atom. The van der Waals surface area contributed by atoms with Crippen LogP contribution in [0.1, 0.15) is 24.2 Å². The summed E-state index contributed by atoms with van der Waals surface area (Å²) in [6.07, 6.45) is -0.606. The van der Waals surface area contributed by atoms with Crippen molar-refractivity contribution >= 4 is 34.2 Å². The molecule has 0 radical (unpaired) electrons. The highest BCUT2D eigenvalue weighted by molar-refractivity contribution is 6.06. The van der Waals surface area contributed by atoms with Crippen molar-refractivity contribution in [3.8, 4) is 5.75 Å². The lowest BCUT2D eigenvalue weighted by Gasteiger charge is -2.32. The zero-order valence-corrected chi connectivity index (χ0v) is 15.4. The number of benzene rings is 2. The van der Waals surface area contributed by atoms with Crippen molar-refractivity contribution in [2.24, 2.45) is 0 Å². The molecule has 7 nitrogen and oxygen atoms in total. The maximum absolute atomic E-state index is 12.6. The van der Waals surface area contributed by atoms with Gasteiger partial charge in [-0.1, -0.05) is 18.2 Å². The van der Waals surface area contributed by atoms with Gasteiger partial charge in [0.1, 0.15) is 16.9 Å². The van der Waals surface area contributed by atoms with Gasteiger partial charge in [-0.2, -0.15) is 0 Å². The second kappa shape index (κ2) is 6.84. The van der Waals surface area contributed by atoms with Crippen molar-refractivity contribution in [2.75, 3.05) is 16.8 Å². The first-order valence-electron chi connectivity index (χ1n) is 8.94. The third kappa shape index (κ3) is 3.00. The van der Waals surface area contributed by atoms with Crippen molar-refractivity contribution < 1.29 is 18.7 Å². The van der Waals surface area contributed by atoms with Crippen molar-refractivity contribution in [3.63, 3.8) is 0 Å². The number of carbonyl (C=O) groups is 2. The first-order valence-corrected chi connectivity index (χ1v) is 8.94. The normalized spacial score (nSPS) is 15.9. The minimum atomic E-state index is -0.707. The Labute approximate surface area is 160 Å². The highest BCUT2D eigenvalue weighted by Crippen LogP contribution is 2.36. The second-order valence-electron chi connectivity index (χ2n) is 6.46. The van der Waals surface area contributed by atoms with E-state index in [0.717, 1.165) is 0 Å². The lowest BCUT2D eigenvalue weighted by atomic mass is 10.1. The third-order valence-electron chi connectivity index (χ3n) is 4.63. The monoisotopic (exact) mass is 378 g/mol. The minimum Gasteiger partial charge on any atom is -0.479 e. The summed E-state index contributed by atoms with van der Waals surface area (Å²) in [5.41, 5.74) is 0.727. The summed E-state index contributed by atoms with van der Waals surface area (Å²) in [5.74, 6) is -0.190. The van der Waals surface area contributed by atoms with Crippen LogP contribution in [-0.4, -0.2) is 24.5 Å². The molecule has 2 aromatic carbocycles. The molecule has 1 aromatic heterocycles. The maximum Gasteiger partial charge on any atom is 0.349 e. The molecule has 1 N–H and O–H groups in total. The number of fused-ring (bicyclic) bond motifs is 2. The number of anilines is 2. The van der Waals surface area contributed by atoms with Gasteiger partial charge >= 0.3 is 5.63 Å². The number of amides is 2. The van der Waals surface area contributed by atoms with Gasteiger partial charge in [0.25, 0.3) is 11.8 Å². The van der Waals surface area contributed by atoms with E-state index >= 15 is 0 Å². The molecule has 1 aliphatic rings. The number of nitrogens with one attached hydrogen (secondary N) is 1. The van der Waals surface area contributed by atoms with E-state index in [1.54, 1.807) is 54.3 Å². The molecule has 1 aliphatic heterocycles. The van der Waals surface area contributed by atoms with Crippen molar-refractivity contribution in [3.05, 3.63) is 64.5 Å². The number of para-hydroxylation sites is 1. The molecule has 1 atom stereocenters. The molecule has 4 rings (SSSR count). The molecule has 28 heavy (non-hydrogen) atoms. The van der Waals surface area contributed by atoms with E-state index in [1.807, 2.05) is 6.92 Å². The molecule has 0 bridgehead atoms. The van der Waals surface area contributed by atoms with Crippen molar-refractivity contribution in [1.29, 1.82) is 0 Å². The van der Waals surface area contributed by atoms with Crippen LogP contribution in [0.15, 0.2) is 57.7 Å². The molecule has 3 aromatic rings. The van der Waals surface area contributed by atoms with Crippen LogP contribution in [0.25, 0.3) is 11.0 Å². The Hall–Kier alpha value is -3.61. The Balaban J connectivity index is 1.64. The van der Waals surface area contributed by atoms with Crippen molar-refractivity contribution in [2.45, 2.75) is 20.0 Å². The topological polar surface area (TPSA) is 88.8 Å². The van der Waals surface area contributed by atoms with Crippen LogP contribution in [-0.2, 0) is 4.79 Å². The van der Waals surface area contributed by atoms with Crippen molar-refractivity contribution in [1.82, 2.24) is 0 Å². The first kappa shape index (κ1) is 17.8. The second-order valence-corrected chi connectivity index (χ2v) is 6.46. The van der Waals surface area contributed by atoms with Gasteiger partial charge in [0.2, 0.25) is 0 Å². The number of hydrogen-bond donors (Lipinski definition) is 1. The summed E-state index contributed by atoms with van der Waals surface area (Å²) in [6, 6.07) is 13.5. The van der Waals surface area contributed by atoms with Crippen LogP contribution in [0.3, 0.4) is 0 Å². The molecule has 7 heteroatoms. The van der Waals surface area contributed by atoms with Crippen LogP contribution >= 0.6 is 0 Å². The van der Waals surface area contributed by atoms with Crippen LogP contribution in [0.5, 0.6) is 5.75 Å². The lowest BCUT2D eigenvalue weighted by molar-refractivity contribution is -0.125. The average molecular weight is 378 g/mol. The molecule has 0 aliphatic carbocycles. The molecule has 2 amide bonds. The molecule has 0 fully saturated rings. The number of nitrogens with zero attached hydrogens (tertiary/aromatic N) is 1. The van der Waals surface area contributed by atoms with Gasteiger partial charge in [0, 0.05) is 23.7 Å². The molecule has 0 spiro atoms.